The zero-order chi connectivity index (χ0) is 58.3. The third-order valence-electron chi connectivity index (χ3n) is 16.0. The summed E-state index contributed by atoms with van der Waals surface area (Å²) in [4.78, 5) is 37.6. The maximum Gasteiger partial charge on any atom is 0.361 e. The number of likely N-dealkylation sites (N-methyl/N-ethyl adjacent to an activating group) is 1. The van der Waals surface area contributed by atoms with Crippen LogP contribution in [-0.2, 0) is 33.3 Å². The fourth-order valence-electron chi connectivity index (χ4n) is 10.6. The van der Waals surface area contributed by atoms with E-state index in [1.54, 1.807) is 0 Å². The van der Waals surface area contributed by atoms with E-state index < -0.39 is 24.3 Å². The summed E-state index contributed by atoms with van der Waals surface area (Å²) in [7, 11) is 5.99. The average Bonchev–Trinajstić information content (AvgIpc) is 3.43. The maximum absolute atomic E-state index is 12.9. The Balaban J connectivity index is 4.01. The van der Waals surface area contributed by atoms with Crippen molar-refractivity contribution in [3.63, 3.8) is 0 Å². The van der Waals surface area contributed by atoms with E-state index in [1.807, 2.05) is 21.1 Å². The van der Waals surface area contributed by atoms with Gasteiger partial charge in [0, 0.05) is 12.8 Å². The normalized spacial score (nSPS) is 12.8. The van der Waals surface area contributed by atoms with Crippen LogP contribution in [0.3, 0.4) is 0 Å². The molecular weight excluding hydrogens is 995 g/mol. The molecule has 0 fully saturated rings. The Labute approximate surface area is 497 Å². The predicted octanol–water partition coefficient (Wildman–Crippen LogP) is 21.4. The van der Waals surface area contributed by atoms with Crippen LogP contribution in [0, 0.1) is 0 Å². The summed E-state index contributed by atoms with van der Waals surface area (Å²) >= 11 is 0. The second-order valence-corrected chi connectivity index (χ2v) is 25.2. The molecule has 0 aliphatic carbocycles. The van der Waals surface area contributed by atoms with E-state index in [2.05, 4.69) is 38.2 Å². The number of hydrogen-bond acceptors (Lipinski definition) is 7. The highest BCUT2D eigenvalue weighted by atomic mass is 16.7. The standard InChI is InChI=1S/C71H135NO8/c1-6-8-10-12-14-16-18-20-22-24-26-28-29-30-31-32-33-34-35-36-37-38-39-40-42-43-45-47-49-51-53-55-57-59-61-68(73)78-65-67(66-79-71(70(75)76)77-64-63-72(3,4)5)80-69(74)62-60-58-56-54-52-50-48-46-44-41-27-25-23-21-19-17-15-13-11-9-7-2/h19,21,25,27,67,71H,6-18,20,22-24,26,28-66H2,1-5H3/p+1/b21-19-,27-25-. The molecule has 0 saturated heterocycles. The number of ether oxygens (including phenoxy) is 4. The Morgan fingerprint density at radius 1 is 0.375 bits per heavy atom. The predicted molar refractivity (Wildman–Crippen MR) is 341 cm³/mol. The highest BCUT2D eigenvalue weighted by Gasteiger charge is 2.25. The lowest BCUT2D eigenvalue weighted by molar-refractivity contribution is -0.870. The highest BCUT2D eigenvalue weighted by Crippen LogP contribution is 2.19. The molecule has 9 nitrogen and oxygen atoms in total. The lowest BCUT2D eigenvalue weighted by Crippen LogP contribution is -2.40. The van der Waals surface area contributed by atoms with Gasteiger partial charge in [0.15, 0.2) is 6.10 Å². The number of esters is 2. The van der Waals surface area contributed by atoms with Crippen LogP contribution in [0.4, 0.5) is 0 Å². The number of quaternary nitrogens is 1. The van der Waals surface area contributed by atoms with Gasteiger partial charge in [-0.2, -0.15) is 0 Å². The molecule has 0 aliphatic rings. The summed E-state index contributed by atoms with van der Waals surface area (Å²) in [6.45, 7) is 4.93. The third-order valence-corrected chi connectivity index (χ3v) is 16.0. The van der Waals surface area contributed by atoms with Crippen molar-refractivity contribution < 1.29 is 42.9 Å². The first-order valence-corrected chi connectivity index (χ1v) is 35.0. The monoisotopic (exact) mass is 1130 g/mol. The molecule has 0 bridgehead atoms. The van der Waals surface area contributed by atoms with E-state index in [9.17, 15) is 19.5 Å². The minimum atomic E-state index is -1.51. The number of rotatable bonds is 66. The van der Waals surface area contributed by atoms with Gasteiger partial charge in [0.05, 0.1) is 34.4 Å². The molecule has 0 rings (SSSR count). The van der Waals surface area contributed by atoms with Gasteiger partial charge in [0.2, 0.25) is 0 Å². The van der Waals surface area contributed by atoms with Crippen LogP contribution < -0.4 is 0 Å². The van der Waals surface area contributed by atoms with Crippen LogP contribution in [0.25, 0.3) is 0 Å². The number of aliphatic carboxylic acids is 1. The van der Waals surface area contributed by atoms with E-state index in [4.69, 9.17) is 18.9 Å². The molecule has 1 N–H and O–H groups in total. The zero-order valence-electron chi connectivity index (χ0n) is 54.0. The highest BCUT2D eigenvalue weighted by molar-refractivity contribution is 5.71. The molecule has 0 aromatic heterocycles. The number of allylic oxidation sites excluding steroid dienone is 4. The van der Waals surface area contributed by atoms with Crippen molar-refractivity contribution in [2.24, 2.45) is 0 Å². The fraction of sp³-hybridized carbons (Fsp3) is 0.901. The summed E-state index contributed by atoms with van der Waals surface area (Å²) in [5.74, 6) is -1.98. The number of carboxylic acid groups (broad SMARTS) is 1. The Bertz CT molecular complexity index is 1360. The van der Waals surface area contributed by atoms with Gasteiger partial charge >= 0.3 is 17.9 Å². The van der Waals surface area contributed by atoms with Crippen LogP contribution in [0.5, 0.6) is 0 Å². The van der Waals surface area contributed by atoms with E-state index in [0.717, 1.165) is 51.4 Å². The Morgan fingerprint density at radius 3 is 0.988 bits per heavy atom. The number of carbonyl (C=O) groups is 3. The minimum Gasteiger partial charge on any atom is -0.477 e. The first kappa shape index (κ1) is 77.8. The minimum absolute atomic E-state index is 0.178. The van der Waals surface area contributed by atoms with Gasteiger partial charge in [-0.05, 0) is 44.9 Å². The summed E-state index contributed by atoms with van der Waals surface area (Å²) in [6.07, 6.45) is 74.5. The molecular formula is C71H136NO8+. The molecule has 0 saturated carbocycles. The molecule has 2 unspecified atom stereocenters. The summed E-state index contributed by atoms with van der Waals surface area (Å²) in [5.41, 5.74) is 0. The number of hydrogen-bond donors (Lipinski definition) is 1. The Hall–Kier alpha value is -2.23. The smallest absolute Gasteiger partial charge is 0.361 e. The van der Waals surface area contributed by atoms with Gasteiger partial charge < -0.3 is 28.5 Å². The zero-order valence-corrected chi connectivity index (χ0v) is 54.0. The van der Waals surface area contributed by atoms with Gasteiger partial charge in [-0.25, -0.2) is 4.79 Å². The van der Waals surface area contributed by atoms with Gasteiger partial charge in [-0.3, -0.25) is 9.59 Å². The van der Waals surface area contributed by atoms with Crippen molar-refractivity contribution in [1.29, 1.82) is 0 Å². The first-order valence-electron chi connectivity index (χ1n) is 35.0. The first-order chi connectivity index (χ1) is 39.1. The lowest BCUT2D eigenvalue weighted by atomic mass is 10.0. The SMILES string of the molecule is CCCCCCC/C=C\C/C=C\CCCCCCCCCCCC(=O)OC(COC(=O)CCCCCCCCCCCCCCCCCCCCCCCCCCCCCCCCCCCC)COC(OCC[N+](C)(C)C)C(=O)O. The molecule has 0 spiro atoms. The quantitative estimate of drug-likeness (QED) is 0.0211. The summed E-state index contributed by atoms with van der Waals surface area (Å²) in [5, 5.41) is 9.73. The van der Waals surface area contributed by atoms with Crippen LogP contribution >= 0.6 is 0 Å². The number of carbonyl (C=O) groups excluding carboxylic acids is 2. The molecule has 0 aromatic carbocycles. The van der Waals surface area contributed by atoms with E-state index in [1.165, 1.54) is 276 Å². The number of unbranched alkanes of at least 4 members (excludes halogenated alkanes) is 47. The van der Waals surface area contributed by atoms with Crippen molar-refractivity contribution >= 4 is 17.9 Å². The third kappa shape index (κ3) is 63.4. The topological polar surface area (TPSA) is 108 Å². The molecule has 472 valence electrons. The van der Waals surface area contributed by atoms with Crippen molar-refractivity contribution in [1.82, 2.24) is 0 Å². The molecule has 2 atom stereocenters. The second kappa shape index (κ2) is 62.8. The van der Waals surface area contributed by atoms with Crippen molar-refractivity contribution in [3.05, 3.63) is 24.3 Å². The van der Waals surface area contributed by atoms with Crippen molar-refractivity contribution in [2.45, 2.75) is 367 Å². The van der Waals surface area contributed by atoms with E-state index in [0.29, 0.717) is 17.4 Å². The van der Waals surface area contributed by atoms with Gasteiger partial charge in [0.25, 0.3) is 6.29 Å². The van der Waals surface area contributed by atoms with Crippen molar-refractivity contribution in [2.75, 3.05) is 47.5 Å². The largest absolute Gasteiger partial charge is 0.477 e. The lowest BCUT2D eigenvalue weighted by Gasteiger charge is -2.25. The van der Waals surface area contributed by atoms with Crippen LogP contribution in [0.15, 0.2) is 24.3 Å². The van der Waals surface area contributed by atoms with Gasteiger partial charge in [0.1, 0.15) is 13.2 Å². The Kier molecular flexibility index (Phi) is 61.1. The molecule has 0 aromatic rings. The van der Waals surface area contributed by atoms with Gasteiger partial charge in [-0.15, -0.1) is 0 Å². The molecule has 80 heavy (non-hydrogen) atoms. The molecule has 0 aliphatic heterocycles. The molecule has 0 radical (unpaired) electrons. The molecule has 9 heteroatoms. The Morgan fingerprint density at radius 2 is 0.675 bits per heavy atom. The van der Waals surface area contributed by atoms with E-state index in [-0.39, 0.29) is 32.2 Å². The average molecular weight is 1130 g/mol. The van der Waals surface area contributed by atoms with Crippen LogP contribution in [0.2, 0.25) is 0 Å². The maximum atomic E-state index is 12.9. The van der Waals surface area contributed by atoms with E-state index >= 15 is 0 Å². The number of nitrogens with zero attached hydrogens (tertiary/aromatic N) is 1. The fourth-order valence-corrected chi connectivity index (χ4v) is 10.6. The number of carboxylic acids is 1. The van der Waals surface area contributed by atoms with Crippen LogP contribution in [-0.4, -0.2) is 87.4 Å². The van der Waals surface area contributed by atoms with Crippen LogP contribution in [0.1, 0.15) is 354 Å². The molecule has 0 heterocycles. The summed E-state index contributed by atoms with van der Waals surface area (Å²) < 4.78 is 23.0. The van der Waals surface area contributed by atoms with Crippen molar-refractivity contribution in [3.8, 4) is 0 Å². The summed E-state index contributed by atoms with van der Waals surface area (Å²) in [6, 6.07) is 0. The second-order valence-electron chi connectivity index (χ2n) is 25.2. The van der Waals surface area contributed by atoms with Gasteiger partial charge in [-0.1, -0.05) is 321 Å². The molecule has 0 amide bonds.